The molecule has 0 aromatic heterocycles. The monoisotopic (exact) mass is 249 g/mol. The molecule has 1 atom stereocenters. The summed E-state index contributed by atoms with van der Waals surface area (Å²) in [5.41, 5.74) is 0.607. The molecule has 5 nitrogen and oxygen atoms in total. The molecular weight excluding hydrogens is 234 g/mol. The number of carbonyl (C=O) groups is 2. The average molecular weight is 249 g/mol. The average Bonchev–Trinajstić information content (AvgIpc) is 2.81. The molecule has 1 aromatic rings. The Kier molecular flexibility index (Phi) is 3.94. The topological polar surface area (TPSA) is 64.6 Å². The highest BCUT2D eigenvalue weighted by Gasteiger charge is 2.25. The fourth-order valence-electron chi connectivity index (χ4n) is 1.76. The lowest BCUT2D eigenvalue weighted by molar-refractivity contribution is -0.138. The number of hydrogen-bond donors (Lipinski definition) is 1. The number of benzene rings is 1. The Labute approximate surface area is 105 Å². The Bertz CT molecular complexity index is 452. The van der Waals surface area contributed by atoms with E-state index < -0.39 is 0 Å². The number of ether oxygens (including phenoxy) is 2. The third-order valence-corrected chi connectivity index (χ3v) is 2.64. The first-order chi connectivity index (χ1) is 8.65. The van der Waals surface area contributed by atoms with Gasteiger partial charge in [0.1, 0.15) is 5.75 Å². The quantitative estimate of drug-likeness (QED) is 0.652. The summed E-state index contributed by atoms with van der Waals surface area (Å²) in [5, 5.41) is 2.63. The van der Waals surface area contributed by atoms with Crippen LogP contribution in [-0.4, -0.2) is 25.1 Å². The number of rotatable bonds is 3. The number of hydrogen-bond acceptors (Lipinski definition) is 4. The van der Waals surface area contributed by atoms with E-state index in [1.165, 1.54) is 6.92 Å². The van der Waals surface area contributed by atoms with Gasteiger partial charge in [-0.3, -0.25) is 9.59 Å². The highest BCUT2D eigenvalue weighted by Crippen LogP contribution is 2.20. The van der Waals surface area contributed by atoms with Crippen LogP contribution >= 0.6 is 0 Å². The Balaban J connectivity index is 2.00. The van der Waals surface area contributed by atoms with Crippen molar-refractivity contribution in [1.82, 2.24) is 0 Å². The van der Waals surface area contributed by atoms with Gasteiger partial charge in [0.05, 0.1) is 12.5 Å². The van der Waals surface area contributed by atoms with Gasteiger partial charge in [0.15, 0.2) is 0 Å². The smallest absolute Gasteiger partial charge is 0.316 e. The molecule has 18 heavy (non-hydrogen) atoms. The molecule has 1 unspecified atom stereocenters. The molecule has 1 heterocycles. The largest absolute Gasteiger partial charge is 0.426 e. The number of esters is 1. The molecule has 1 aromatic carbocycles. The van der Waals surface area contributed by atoms with Crippen LogP contribution < -0.4 is 10.1 Å². The van der Waals surface area contributed by atoms with E-state index in [0.717, 1.165) is 0 Å². The van der Waals surface area contributed by atoms with Gasteiger partial charge in [-0.15, -0.1) is 0 Å². The summed E-state index contributed by atoms with van der Waals surface area (Å²) >= 11 is 0. The molecule has 0 spiro atoms. The van der Waals surface area contributed by atoms with Crippen molar-refractivity contribution in [2.75, 3.05) is 18.5 Å². The van der Waals surface area contributed by atoms with Crippen LogP contribution in [0.4, 0.5) is 5.69 Å². The molecule has 96 valence electrons. The highest BCUT2D eigenvalue weighted by molar-refractivity contribution is 5.89. The molecule has 0 radical (unpaired) electrons. The lowest BCUT2D eigenvalue weighted by Gasteiger charge is -2.09. The predicted molar refractivity (Wildman–Crippen MR) is 65.3 cm³/mol. The van der Waals surface area contributed by atoms with Gasteiger partial charge in [0.2, 0.25) is 5.91 Å². The normalized spacial score (nSPS) is 18.4. The van der Waals surface area contributed by atoms with Crippen LogP contribution in [0.3, 0.4) is 0 Å². The summed E-state index contributed by atoms with van der Waals surface area (Å²) < 4.78 is 10.4. The Morgan fingerprint density at radius 3 is 2.94 bits per heavy atom. The molecule has 0 aliphatic carbocycles. The Morgan fingerprint density at radius 2 is 2.28 bits per heavy atom. The zero-order valence-electron chi connectivity index (χ0n) is 10.1. The van der Waals surface area contributed by atoms with E-state index in [2.05, 4.69) is 5.32 Å². The number of anilines is 1. The van der Waals surface area contributed by atoms with Crippen LogP contribution in [0.15, 0.2) is 24.3 Å². The predicted octanol–water partition coefficient (Wildman–Crippen LogP) is 1.59. The molecule has 1 fully saturated rings. The van der Waals surface area contributed by atoms with Crippen LogP contribution in [0.5, 0.6) is 5.75 Å². The van der Waals surface area contributed by atoms with Crippen molar-refractivity contribution in [1.29, 1.82) is 0 Å². The lowest BCUT2D eigenvalue weighted by Crippen LogP contribution is -2.20. The third-order valence-electron chi connectivity index (χ3n) is 2.64. The van der Waals surface area contributed by atoms with Gasteiger partial charge in [-0.2, -0.15) is 0 Å². The van der Waals surface area contributed by atoms with Gasteiger partial charge in [0, 0.05) is 25.3 Å². The van der Waals surface area contributed by atoms with Gasteiger partial charge in [0.25, 0.3) is 0 Å². The summed E-state index contributed by atoms with van der Waals surface area (Å²) in [6.07, 6.45) is 0.699. The van der Waals surface area contributed by atoms with Crippen LogP contribution in [-0.2, 0) is 14.3 Å². The summed E-state index contributed by atoms with van der Waals surface area (Å²) in [5.74, 6) is -0.206. The highest BCUT2D eigenvalue weighted by atomic mass is 16.5. The van der Waals surface area contributed by atoms with E-state index in [4.69, 9.17) is 9.47 Å². The molecule has 1 N–H and O–H groups in total. The SMILES string of the molecule is CC(=O)Nc1cccc(OC(=O)C2CCOC2)c1. The van der Waals surface area contributed by atoms with E-state index >= 15 is 0 Å². The minimum Gasteiger partial charge on any atom is -0.426 e. The Morgan fingerprint density at radius 1 is 1.44 bits per heavy atom. The van der Waals surface area contributed by atoms with Crippen LogP contribution in [0, 0.1) is 5.92 Å². The van der Waals surface area contributed by atoms with Crippen molar-refractivity contribution in [2.24, 2.45) is 5.92 Å². The van der Waals surface area contributed by atoms with Gasteiger partial charge < -0.3 is 14.8 Å². The summed E-state index contributed by atoms with van der Waals surface area (Å²) in [6.45, 7) is 2.45. The molecule has 2 rings (SSSR count). The first-order valence-electron chi connectivity index (χ1n) is 5.82. The summed E-state index contributed by atoms with van der Waals surface area (Å²) in [7, 11) is 0. The van der Waals surface area contributed by atoms with Crippen molar-refractivity contribution in [3.8, 4) is 5.75 Å². The van der Waals surface area contributed by atoms with E-state index in [1.54, 1.807) is 24.3 Å². The van der Waals surface area contributed by atoms with E-state index in [9.17, 15) is 9.59 Å². The van der Waals surface area contributed by atoms with Crippen LogP contribution in [0.1, 0.15) is 13.3 Å². The Hall–Kier alpha value is -1.88. The fourth-order valence-corrected chi connectivity index (χ4v) is 1.76. The zero-order valence-corrected chi connectivity index (χ0v) is 10.1. The molecule has 1 aliphatic rings. The standard InChI is InChI=1S/C13H15NO4/c1-9(15)14-11-3-2-4-12(7-11)18-13(16)10-5-6-17-8-10/h2-4,7,10H,5-6,8H2,1H3,(H,14,15). The summed E-state index contributed by atoms with van der Waals surface area (Å²) in [6, 6.07) is 6.75. The van der Waals surface area contributed by atoms with Crippen molar-refractivity contribution in [3.63, 3.8) is 0 Å². The van der Waals surface area contributed by atoms with Crippen molar-refractivity contribution in [2.45, 2.75) is 13.3 Å². The molecule has 5 heteroatoms. The van der Waals surface area contributed by atoms with Gasteiger partial charge in [-0.1, -0.05) is 6.07 Å². The molecular formula is C13H15NO4. The van der Waals surface area contributed by atoms with Gasteiger partial charge >= 0.3 is 5.97 Å². The van der Waals surface area contributed by atoms with Crippen LogP contribution in [0.2, 0.25) is 0 Å². The number of carbonyl (C=O) groups excluding carboxylic acids is 2. The van der Waals surface area contributed by atoms with Gasteiger partial charge in [-0.05, 0) is 18.6 Å². The molecule has 1 aliphatic heterocycles. The van der Waals surface area contributed by atoms with E-state index in [0.29, 0.717) is 31.1 Å². The molecule has 1 saturated heterocycles. The van der Waals surface area contributed by atoms with Crippen LogP contribution in [0.25, 0.3) is 0 Å². The fraction of sp³-hybridized carbons (Fsp3) is 0.385. The molecule has 1 amide bonds. The second-order valence-corrected chi connectivity index (χ2v) is 4.19. The molecule has 0 saturated carbocycles. The number of nitrogens with one attached hydrogen (secondary N) is 1. The summed E-state index contributed by atoms with van der Waals surface area (Å²) in [4.78, 5) is 22.7. The third kappa shape index (κ3) is 3.30. The first kappa shape index (κ1) is 12.6. The maximum atomic E-state index is 11.8. The minimum absolute atomic E-state index is 0.164. The lowest BCUT2D eigenvalue weighted by atomic mass is 10.1. The van der Waals surface area contributed by atoms with E-state index in [-0.39, 0.29) is 17.8 Å². The van der Waals surface area contributed by atoms with Gasteiger partial charge in [-0.25, -0.2) is 0 Å². The molecule has 0 bridgehead atoms. The number of amides is 1. The maximum Gasteiger partial charge on any atom is 0.316 e. The second kappa shape index (κ2) is 5.64. The van der Waals surface area contributed by atoms with E-state index in [1.807, 2.05) is 0 Å². The van der Waals surface area contributed by atoms with Crippen molar-refractivity contribution >= 4 is 17.6 Å². The minimum atomic E-state index is -0.285. The first-order valence-corrected chi connectivity index (χ1v) is 5.82. The van der Waals surface area contributed by atoms with Crippen molar-refractivity contribution in [3.05, 3.63) is 24.3 Å². The van der Waals surface area contributed by atoms with Crippen molar-refractivity contribution < 1.29 is 19.1 Å². The maximum absolute atomic E-state index is 11.8. The second-order valence-electron chi connectivity index (χ2n) is 4.19. The zero-order chi connectivity index (χ0) is 13.0.